The summed E-state index contributed by atoms with van der Waals surface area (Å²) in [5.41, 5.74) is 7.00. The number of hydrogen-bond donors (Lipinski definition) is 1. The number of hydrogen-bond acceptors (Lipinski definition) is 2. The molecule has 2 rings (SSSR count). The van der Waals surface area contributed by atoms with Gasteiger partial charge in [-0.2, -0.15) is 13.2 Å². The standard InChI is InChI=1S/C16H16F3NO.ClH/c17-16(18,19)10-15(20)13-6-8-14(9-7-13)21-11-12-4-2-1-3-5-12;/h1-9,15H,10-11,20H2;1H/t15-;/m0./s1. The number of rotatable bonds is 5. The van der Waals surface area contributed by atoms with E-state index in [0.717, 1.165) is 5.56 Å². The van der Waals surface area contributed by atoms with Crippen molar-refractivity contribution in [3.63, 3.8) is 0 Å². The second-order valence-corrected chi connectivity index (χ2v) is 4.77. The van der Waals surface area contributed by atoms with Crippen molar-refractivity contribution in [1.29, 1.82) is 0 Å². The molecule has 0 saturated carbocycles. The summed E-state index contributed by atoms with van der Waals surface area (Å²) in [7, 11) is 0. The molecule has 2 nitrogen and oxygen atoms in total. The molecule has 0 aliphatic carbocycles. The zero-order valence-corrected chi connectivity index (χ0v) is 12.5. The van der Waals surface area contributed by atoms with Gasteiger partial charge >= 0.3 is 6.18 Å². The average Bonchev–Trinajstić information content (AvgIpc) is 2.45. The summed E-state index contributed by atoms with van der Waals surface area (Å²) in [6.45, 7) is 0.411. The normalized spacial score (nSPS) is 12.4. The van der Waals surface area contributed by atoms with E-state index in [2.05, 4.69) is 0 Å². The Bertz CT molecular complexity index is 558. The third-order valence-electron chi connectivity index (χ3n) is 3.01. The van der Waals surface area contributed by atoms with Gasteiger partial charge in [-0.05, 0) is 23.3 Å². The van der Waals surface area contributed by atoms with Gasteiger partial charge in [-0.1, -0.05) is 42.5 Å². The first-order valence-corrected chi connectivity index (χ1v) is 6.53. The predicted octanol–water partition coefficient (Wildman–Crippen LogP) is 4.64. The van der Waals surface area contributed by atoms with Crippen molar-refractivity contribution in [3.05, 3.63) is 65.7 Å². The van der Waals surface area contributed by atoms with E-state index >= 15 is 0 Å². The van der Waals surface area contributed by atoms with Crippen LogP contribution in [0.4, 0.5) is 13.2 Å². The highest BCUT2D eigenvalue weighted by atomic mass is 35.5. The molecule has 1 atom stereocenters. The number of benzene rings is 2. The van der Waals surface area contributed by atoms with Crippen LogP contribution in [0, 0.1) is 0 Å². The molecular formula is C16H17ClF3NO. The minimum Gasteiger partial charge on any atom is -0.489 e. The van der Waals surface area contributed by atoms with Gasteiger partial charge in [0.2, 0.25) is 0 Å². The lowest BCUT2D eigenvalue weighted by molar-refractivity contribution is -0.138. The molecule has 0 fully saturated rings. The lowest BCUT2D eigenvalue weighted by Gasteiger charge is -2.15. The van der Waals surface area contributed by atoms with Crippen molar-refractivity contribution >= 4 is 12.4 Å². The first kappa shape index (κ1) is 18.3. The number of nitrogens with two attached hydrogens (primary N) is 1. The van der Waals surface area contributed by atoms with Crippen LogP contribution >= 0.6 is 12.4 Å². The molecule has 0 unspecified atom stereocenters. The third kappa shape index (κ3) is 5.95. The molecule has 0 amide bonds. The maximum atomic E-state index is 12.3. The fourth-order valence-corrected chi connectivity index (χ4v) is 1.92. The van der Waals surface area contributed by atoms with Crippen molar-refractivity contribution in [2.75, 3.05) is 0 Å². The van der Waals surface area contributed by atoms with Crippen LogP contribution in [0.5, 0.6) is 5.75 Å². The second-order valence-electron chi connectivity index (χ2n) is 4.77. The fourth-order valence-electron chi connectivity index (χ4n) is 1.92. The first-order valence-electron chi connectivity index (χ1n) is 6.53. The average molecular weight is 332 g/mol. The molecule has 2 aromatic rings. The molecule has 22 heavy (non-hydrogen) atoms. The van der Waals surface area contributed by atoms with Crippen molar-refractivity contribution in [3.8, 4) is 5.75 Å². The maximum absolute atomic E-state index is 12.3. The molecule has 6 heteroatoms. The summed E-state index contributed by atoms with van der Waals surface area (Å²) >= 11 is 0. The van der Waals surface area contributed by atoms with Crippen LogP contribution < -0.4 is 10.5 Å². The highest BCUT2D eigenvalue weighted by Gasteiger charge is 2.30. The van der Waals surface area contributed by atoms with E-state index in [-0.39, 0.29) is 12.4 Å². The molecule has 0 aliphatic heterocycles. The molecule has 0 spiro atoms. The number of alkyl halides is 3. The van der Waals surface area contributed by atoms with Gasteiger partial charge in [0, 0.05) is 6.04 Å². The van der Waals surface area contributed by atoms with Crippen molar-refractivity contribution < 1.29 is 17.9 Å². The summed E-state index contributed by atoms with van der Waals surface area (Å²) in [6, 6.07) is 15.0. The van der Waals surface area contributed by atoms with Gasteiger partial charge in [0.15, 0.2) is 0 Å². The second kappa shape index (κ2) is 8.06. The van der Waals surface area contributed by atoms with E-state index in [0.29, 0.717) is 17.9 Å². The lowest BCUT2D eigenvalue weighted by atomic mass is 10.0. The quantitative estimate of drug-likeness (QED) is 0.866. The highest BCUT2D eigenvalue weighted by Crippen LogP contribution is 2.28. The Morgan fingerprint density at radius 3 is 2.09 bits per heavy atom. The van der Waals surface area contributed by atoms with Crippen molar-refractivity contribution in [1.82, 2.24) is 0 Å². The van der Waals surface area contributed by atoms with Crippen molar-refractivity contribution in [2.24, 2.45) is 5.73 Å². The van der Waals surface area contributed by atoms with E-state index in [1.807, 2.05) is 30.3 Å². The Morgan fingerprint density at radius 2 is 1.55 bits per heavy atom. The zero-order chi connectivity index (χ0) is 15.3. The third-order valence-corrected chi connectivity index (χ3v) is 3.01. The Hall–Kier alpha value is -1.72. The predicted molar refractivity (Wildman–Crippen MR) is 82.1 cm³/mol. The van der Waals surface area contributed by atoms with Crippen LogP contribution in [0.2, 0.25) is 0 Å². The molecule has 2 N–H and O–H groups in total. The molecule has 0 saturated heterocycles. The minimum absolute atomic E-state index is 0. The molecule has 0 aliphatic rings. The molecule has 0 radical (unpaired) electrons. The minimum atomic E-state index is -4.26. The van der Waals surface area contributed by atoms with Gasteiger partial charge in [0.1, 0.15) is 12.4 Å². The molecule has 0 bridgehead atoms. The van der Waals surface area contributed by atoms with Crippen LogP contribution in [-0.4, -0.2) is 6.18 Å². The Balaban J connectivity index is 0.00000242. The van der Waals surface area contributed by atoms with Gasteiger partial charge in [-0.3, -0.25) is 0 Å². The summed E-state index contributed by atoms with van der Waals surface area (Å²) < 4.78 is 42.4. The number of halogens is 4. The van der Waals surface area contributed by atoms with E-state index in [9.17, 15) is 13.2 Å². The topological polar surface area (TPSA) is 35.2 Å². The van der Waals surface area contributed by atoms with E-state index in [4.69, 9.17) is 10.5 Å². The lowest BCUT2D eigenvalue weighted by Crippen LogP contribution is -2.20. The smallest absolute Gasteiger partial charge is 0.390 e. The zero-order valence-electron chi connectivity index (χ0n) is 11.7. The summed E-state index contributed by atoms with van der Waals surface area (Å²) in [5, 5.41) is 0. The Kier molecular flexibility index (Phi) is 6.71. The summed E-state index contributed by atoms with van der Waals surface area (Å²) in [5.74, 6) is 0.599. The largest absolute Gasteiger partial charge is 0.489 e. The van der Waals surface area contributed by atoms with Crippen LogP contribution in [0.15, 0.2) is 54.6 Å². The molecule has 120 valence electrons. The first-order chi connectivity index (χ1) is 9.94. The maximum Gasteiger partial charge on any atom is 0.390 e. The van der Waals surface area contributed by atoms with Crippen LogP contribution in [0.25, 0.3) is 0 Å². The van der Waals surface area contributed by atoms with Gasteiger partial charge in [-0.25, -0.2) is 0 Å². The summed E-state index contributed by atoms with van der Waals surface area (Å²) in [4.78, 5) is 0. The Morgan fingerprint density at radius 1 is 0.955 bits per heavy atom. The van der Waals surface area contributed by atoms with Gasteiger partial charge in [0.05, 0.1) is 6.42 Å². The fraction of sp³-hybridized carbons (Fsp3) is 0.250. The SMILES string of the molecule is Cl.N[C@@H](CC(F)(F)F)c1ccc(OCc2ccccc2)cc1. The number of ether oxygens (including phenoxy) is 1. The van der Waals surface area contributed by atoms with E-state index in [1.165, 1.54) is 0 Å². The van der Waals surface area contributed by atoms with Crippen LogP contribution in [-0.2, 0) is 6.61 Å². The van der Waals surface area contributed by atoms with Gasteiger partial charge in [0.25, 0.3) is 0 Å². The van der Waals surface area contributed by atoms with Crippen LogP contribution in [0.1, 0.15) is 23.6 Å². The monoisotopic (exact) mass is 331 g/mol. The Labute approximate surface area is 133 Å². The summed E-state index contributed by atoms with van der Waals surface area (Å²) in [6.07, 6.45) is -5.29. The van der Waals surface area contributed by atoms with Crippen LogP contribution in [0.3, 0.4) is 0 Å². The van der Waals surface area contributed by atoms with Crippen molar-refractivity contribution in [2.45, 2.75) is 25.2 Å². The molecule has 0 heterocycles. The van der Waals surface area contributed by atoms with Gasteiger partial charge < -0.3 is 10.5 Å². The van der Waals surface area contributed by atoms with E-state index < -0.39 is 18.6 Å². The molecular weight excluding hydrogens is 315 g/mol. The highest BCUT2D eigenvalue weighted by molar-refractivity contribution is 5.85. The van der Waals surface area contributed by atoms with Gasteiger partial charge in [-0.15, -0.1) is 12.4 Å². The molecule has 2 aromatic carbocycles. The van der Waals surface area contributed by atoms with E-state index in [1.54, 1.807) is 24.3 Å². The molecule has 0 aromatic heterocycles.